The molecule has 0 saturated heterocycles. The lowest BCUT2D eigenvalue weighted by molar-refractivity contribution is -0.120. The number of carbonyl (C=O) groups excluding carboxylic acids is 1. The highest BCUT2D eigenvalue weighted by atomic mass is 35.5. The molecule has 0 unspecified atom stereocenters. The van der Waals surface area contributed by atoms with Crippen LogP contribution in [-0.4, -0.2) is 10.5 Å². The van der Waals surface area contributed by atoms with Gasteiger partial charge >= 0.3 is 0 Å². The maximum Gasteiger partial charge on any atom is 0.259 e. The number of anilines is 1. The van der Waals surface area contributed by atoms with Gasteiger partial charge in [0.1, 0.15) is 6.04 Å². The average Bonchev–Trinajstić information content (AvgIpc) is 2.33. The number of rotatable bonds is 2. The zero-order chi connectivity index (χ0) is 13.4. The summed E-state index contributed by atoms with van der Waals surface area (Å²) in [6.07, 6.45) is 1.49. The number of benzene rings is 1. The Balaban J connectivity index is 2.77. The molecule has 1 aromatic carbocycles. The van der Waals surface area contributed by atoms with E-state index < -0.39 is 11.9 Å². The molecule has 2 aromatic rings. The molecule has 0 spiro atoms. The fourth-order valence-electron chi connectivity index (χ4n) is 1.78. The minimum atomic E-state index is -0.709. The lowest BCUT2D eigenvalue weighted by Crippen LogP contribution is -2.31. The number of aromatic nitrogens is 1. The minimum Gasteiger partial charge on any atom is -0.397 e. The summed E-state index contributed by atoms with van der Waals surface area (Å²) in [4.78, 5) is 23.3. The number of nitrogens with two attached hydrogens (primary N) is 2. The maximum atomic E-state index is 12.2. The van der Waals surface area contributed by atoms with Gasteiger partial charge in [0.2, 0.25) is 5.91 Å². The zero-order valence-corrected chi connectivity index (χ0v) is 10.4. The average molecular weight is 266 g/mol. The number of fused-ring (bicyclic) bond motifs is 1. The second-order valence-electron chi connectivity index (χ2n) is 4.03. The smallest absolute Gasteiger partial charge is 0.259 e. The van der Waals surface area contributed by atoms with Crippen molar-refractivity contribution in [2.24, 2.45) is 5.73 Å². The second kappa shape index (κ2) is 4.34. The second-order valence-corrected chi connectivity index (χ2v) is 4.44. The fourth-order valence-corrected chi connectivity index (χ4v) is 1.94. The number of amides is 1. The van der Waals surface area contributed by atoms with Crippen LogP contribution in [0.15, 0.2) is 29.2 Å². The summed E-state index contributed by atoms with van der Waals surface area (Å²) in [5.74, 6) is -0.571. The molecule has 18 heavy (non-hydrogen) atoms. The molecule has 0 aliphatic carbocycles. The van der Waals surface area contributed by atoms with Crippen LogP contribution in [0.1, 0.15) is 13.0 Å². The Bertz CT molecular complexity index is 694. The molecular weight excluding hydrogens is 254 g/mol. The molecule has 6 heteroatoms. The first-order chi connectivity index (χ1) is 8.43. The summed E-state index contributed by atoms with van der Waals surface area (Å²) in [5.41, 5.74) is 11.0. The van der Waals surface area contributed by atoms with Gasteiger partial charge in [-0.05, 0) is 25.1 Å². The van der Waals surface area contributed by atoms with Crippen LogP contribution in [-0.2, 0) is 4.79 Å². The van der Waals surface area contributed by atoms with Crippen molar-refractivity contribution >= 4 is 34.0 Å². The van der Waals surface area contributed by atoms with Gasteiger partial charge < -0.3 is 16.0 Å². The van der Waals surface area contributed by atoms with Crippen LogP contribution in [0.25, 0.3) is 10.8 Å². The van der Waals surface area contributed by atoms with Gasteiger partial charge in [0.25, 0.3) is 5.56 Å². The number of nitrogen functional groups attached to an aromatic ring is 1. The molecule has 1 amide bonds. The maximum absolute atomic E-state index is 12.2. The molecule has 94 valence electrons. The summed E-state index contributed by atoms with van der Waals surface area (Å²) < 4.78 is 1.28. The third-order valence-electron chi connectivity index (χ3n) is 2.93. The van der Waals surface area contributed by atoms with Crippen LogP contribution in [0, 0.1) is 0 Å². The monoisotopic (exact) mass is 265 g/mol. The number of pyridine rings is 1. The van der Waals surface area contributed by atoms with Crippen molar-refractivity contribution in [1.29, 1.82) is 0 Å². The lowest BCUT2D eigenvalue weighted by Gasteiger charge is -2.13. The number of halogens is 1. The summed E-state index contributed by atoms with van der Waals surface area (Å²) in [6, 6.07) is 4.08. The van der Waals surface area contributed by atoms with E-state index in [0.717, 1.165) is 0 Å². The molecule has 2 rings (SSSR count). The molecule has 1 heterocycles. The van der Waals surface area contributed by atoms with E-state index in [2.05, 4.69) is 0 Å². The first-order valence-corrected chi connectivity index (χ1v) is 5.69. The number of primary amides is 1. The number of nitrogens with zero attached hydrogens (tertiary/aromatic N) is 1. The van der Waals surface area contributed by atoms with Gasteiger partial charge in [-0.3, -0.25) is 9.59 Å². The lowest BCUT2D eigenvalue weighted by atomic mass is 10.1. The Morgan fingerprint density at radius 2 is 2.00 bits per heavy atom. The van der Waals surface area contributed by atoms with Crippen molar-refractivity contribution in [2.75, 3.05) is 5.73 Å². The zero-order valence-electron chi connectivity index (χ0n) is 9.68. The molecule has 5 nitrogen and oxygen atoms in total. The molecular formula is C12H12ClN3O2. The first-order valence-electron chi connectivity index (χ1n) is 5.31. The van der Waals surface area contributed by atoms with E-state index in [1.807, 2.05) is 0 Å². The molecule has 1 aromatic heterocycles. The summed E-state index contributed by atoms with van der Waals surface area (Å²) in [7, 11) is 0. The number of hydrogen-bond donors (Lipinski definition) is 2. The van der Waals surface area contributed by atoms with Crippen molar-refractivity contribution in [3.63, 3.8) is 0 Å². The molecule has 0 aliphatic rings. The molecule has 0 aliphatic heterocycles. The van der Waals surface area contributed by atoms with Crippen LogP contribution in [0.4, 0.5) is 5.69 Å². The molecule has 0 saturated carbocycles. The highest BCUT2D eigenvalue weighted by Crippen LogP contribution is 2.26. The third kappa shape index (κ3) is 1.82. The van der Waals surface area contributed by atoms with Gasteiger partial charge in [-0.25, -0.2) is 0 Å². The SMILES string of the molecule is C[C@@H](C(N)=O)n1ccc2c(N)c(Cl)ccc2c1=O. The first kappa shape index (κ1) is 12.4. The van der Waals surface area contributed by atoms with Crippen LogP contribution >= 0.6 is 11.6 Å². The van der Waals surface area contributed by atoms with E-state index in [4.69, 9.17) is 23.1 Å². The van der Waals surface area contributed by atoms with E-state index in [1.165, 1.54) is 10.8 Å². The van der Waals surface area contributed by atoms with Gasteiger partial charge in [0, 0.05) is 17.0 Å². The molecule has 4 N–H and O–H groups in total. The van der Waals surface area contributed by atoms with Crippen LogP contribution < -0.4 is 17.0 Å². The fraction of sp³-hybridized carbons (Fsp3) is 0.167. The highest BCUT2D eigenvalue weighted by molar-refractivity contribution is 6.34. The number of hydrogen-bond acceptors (Lipinski definition) is 3. The van der Waals surface area contributed by atoms with Gasteiger partial charge in [0.15, 0.2) is 0 Å². The normalized spacial score (nSPS) is 12.6. The number of carbonyl (C=O) groups is 1. The quantitative estimate of drug-likeness (QED) is 0.802. The minimum absolute atomic E-state index is 0.317. The Kier molecular flexibility index (Phi) is 3.00. The summed E-state index contributed by atoms with van der Waals surface area (Å²) in [5, 5.41) is 1.37. The molecule has 0 radical (unpaired) electrons. The largest absolute Gasteiger partial charge is 0.397 e. The van der Waals surface area contributed by atoms with Gasteiger partial charge in [-0.1, -0.05) is 11.6 Å². The van der Waals surface area contributed by atoms with Crippen molar-refractivity contribution < 1.29 is 4.79 Å². The predicted molar refractivity (Wildman–Crippen MR) is 71.5 cm³/mol. The van der Waals surface area contributed by atoms with Gasteiger partial charge in [-0.15, -0.1) is 0 Å². The van der Waals surface area contributed by atoms with Crippen molar-refractivity contribution in [2.45, 2.75) is 13.0 Å². The van der Waals surface area contributed by atoms with Crippen LogP contribution in [0.5, 0.6) is 0 Å². The molecule has 1 atom stereocenters. The topological polar surface area (TPSA) is 91.1 Å². The van der Waals surface area contributed by atoms with Crippen molar-refractivity contribution in [3.05, 3.63) is 39.8 Å². The highest BCUT2D eigenvalue weighted by Gasteiger charge is 2.15. The molecule has 0 fully saturated rings. The van der Waals surface area contributed by atoms with Crippen molar-refractivity contribution in [3.8, 4) is 0 Å². The Hall–Kier alpha value is -2.01. The Morgan fingerprint density at radius 1 is 1.33 bits per heavy atom. The molecule has 0 bridgehead atoms. The Morgan fingerprint density at radius 3 is 2.61 bits per heavy atom. The van der Waals surface area contributed by atoms with Gasteiger partial charge in [-0.2, -0.15) is 0 Å². The van der Waals surface area contributed by atoms with E-state index in [-0.39, 0.29) is 5.56 Å². The van der Waals surface area contributed by atoms with E-state index >= 15 is 0 Å². The standard InChI is InChI=1S/C12H12ClN3O2/c1-6(11(15)17)16-5-4-7-8(12(16)18)2-3-9(13)10(7)14/h2-6H,14H2,1H3,(H2,15,17)/t6-/m0/s1. The van der Waals surface area contributed by atoms with Crippen LogP contribution in [0.2, 0.25) is 5.02 Å². The third-order valence-corrected chi connectivity index (χ3v) is 3.26. The van der Waals surface area contributed by atoms with E-state index in [9.17, 15) is 9.59 Å². The summed E-state index contributed by atoms with van der Waals surface area (Å²) >= 11 is 5.88. The Labute approximate surface area is 108 Å². The van der Waals surface area contributed by atoms with E-state index in [0.29, 0.717) is 21.5 Å². The predicted octanol–water partition coefficient (Wildman–Crippen LogP) is 1.28. The van der Waals surface area contributed by atoms with Gasteiger partial charge in [0.05, 0.1) is 10.7 Å². The van der Waals surface area contributed by atoms with Crippen LogP contribution in [0.3, 0.4) is 0 Å². The summed E-state index contributed by atoms with van der Waals surface area (Å²) in [6.45, 7) is 1.56. The van der Waals surface area contributed by atoms with Crippen molar-refractivity contribution in [1.82, 2.24) is 4.57 Å². The van der Waals surface area contributed by atoms with E-state index in [1.54, 1.807) is 25.1 Å².